The van der Waals surface area contributed by atoms with Gasteiger partial charge in [-0.05, 0) is 52.0 Å². The number of hydrogen-bond donors (Lipinski definition) is 1. The number of amides is 1. The number of carbonyl (C=O) groups excluding carboxylic acids is 1. The Hall–Kier alpha value is -1.22. The zero-order valence-electron chi connectivity index (χ0n) is 15.0. The van der Waals surface area contributed by atoms with Crippen LogP contribution in [0.3, 0.4) is 0 Å². The van der Waals surface area contributed by atoms with E-state index in [1.54, 1.807) is 52.0 Å². The smallest absolute Gasteiger partial charge is 0.256 e. The number of nitrogens with one attached hydrogen (secondary N) is 1. The van der Waals surface area contributed by atoms with Crippen LogP contribution in [0.15, 0.2) is 24.3 Å². The topological polar surface area (TPSA) is 75.3 Å². The Bertz CT molecular complexity index is 706. The molecule has 3 aliphatic rings. The van der Waals surface area contributed by atoms with Crippen molar-refractivity contribution in [3.63, 3.8) is 0 Å². The summed E-state index contributed by atoms with van der Waals surface area (Å²) in [6, 6.07) is 6.84. The first-order valence-electron chi connectivity index (χ1n) is 8.57. The summed E-state index contributed by atoms with van der Waals surface area (Å²) in [5, 5.41) is 3.42. The first kappa shape index (κ1) is 18.2. The van der Waals surface area contributed by atoms with Crippen LogP contribution in [0.5, 0.6) is 0 Å². The van der Waals surface area contributed by atoms with Crippen molar-refractivity contribution in [2.75, 3.05) is 5.32 Å². The molecule has 142 valence electrons. The van der Waals surface area contributed by atoms with Crippen LogP contribution in [0.25, 0.3) is 0 Å². The van der Waals surface area contributed by atoms with Crippen molar-refractivity contribution in [1.82, 2.24) is 0 Å². The molecule has 5 atom stereocenters. The Morgan fingerprint density at radius 1 is 0.923 bits per heavy atom. The molecule has 1 aromatic rings. The van der Waals surface area contributed by atoms with Crippen LogP contribution >= 0.6 is 11.6 Å². The summed E-state index contributed by atoms with van der Waals surface area (Å²) in [4.78, 5) is 12.9. The molecule has 0 bridgehead atoms. The SMILES string of the molecule is CC1(C)O[C@H]2OC(C(=O)Nc3ccc(Cl)cc3)[C@@H]3OC(C)(C)O[C@@H]3[C@H]2O1. The first-order valence-corrected chi connectivity index (χ1v) is 8.95. The largest absolute Gasteiger partial charge is 0.342 e. The van der Waals surface area contributed by atoms with Gasteiger partial charge in [-0.25, -0.2) is 0 Å². The number of ether oxygens (including phenoxy) is 5. The average molecular weight is 384 g/mol. The lowest BCUT2D eigenvalue weighted by Crippen LogP contribution is -2.58. The van der Waals surface area contributed by atoms with Gasteiger partial charge in [0.1, 0.15) is 18.3 Å². The van der Waals surface area contributed by atoms with Crippen molar-refractivity contribution in [2.45, 2.75) is 70.0 Å². The Labute approximate surface area is 156 Å². The third-order valence-corrected chi connectivity index (χ3v) is 4.78. The Morgan fingerprint density at radius 3 is 2.19 bits per heavy atom. The summed E-state index contributed by atoms with van der Waals surface area (Å²) in [7, 11) is 0. The van der Waals surface area contributed by atoms with Gasteiger partial charge in [0.05, 0.1) is 0 Å². The summed E-state index contributed by atoms with van der Waals surface area (Å²) in [5.74, 6) is -2.00. The zero-order valence-corrected chi connectivity index (χ0v) is 15.8. The highest BCUT2D eigenvalue weighted by Gasteiger charge is 2.62. The second-order valence-corrected chi connectivity index (χ2v) is 8.02. The molecule has 1 aromatic carbocycles. The van der Waals surface area contributed by atoms with Gasteiger partial charge in [-0.2, -0.15) is 0 Å². The average Bonchev–Trinajstić information content (AvgIpc) is 3.02. The van der Waals surface area contributed by atoms with Crippen molar-refractivity contribution in [3.8, 4) is 0 Å². The lowest BCUT2D eigenvalue weighted by molar-refractivity contribution is -0.229. The predicted octanol–water partition coefficient (Wildman–Crippen LogP) is 2.68. The van der Waals surface area contributed by atoms with E-state index in [2.05, 4.69) is 5.32 Å². The van der Waals surface area contributed by atoms with Crippen molar-refractivity contribution >= 4 is 23.2 Å². The molecule has 1 N–H and O–H groups in total. The monoisotopic (exact) mass is 383 g/mol. The van der Waals surface area contributed by atoms with Crippen molar-refractivity contribution < 1.29 is 28.5 Å². The second kappa shape index (κ2) is 6.15. The number of rotatable bonds is 2. The quantitative estimate of drug-likeness (QED) is 0.846. The molecule has 0 spiro atoms. The number of benzene rings is 1. The van der Waals surface area contributed by atoms with Gasteiger partial charge < -0.3 is 29.0 Å². The third kappa shape index (κ3) is 3.35. The molecule has 3 fully saturated rings. The summed E-state index contributed by atoms with van der Waals surface area (Å²) in [6.45, 7) is 7.20. The lowest BCUT2D eigenvalue weighted by Gasteiger charge is -2.36. The summed E-state index contributed by atoms with van der Waals surface area (Å²) in [5.41, 5.74) is 0.615. The minimum absolute atomic E-state index is 0.338. The van der Waals surface area contributed by atoms with E-state index in [1.807, 2.05) is 0 Å². The molecule has 0 radical (unpaired) electrons. The van der Waals surface area contributed by atoms with Crippen molar-refractivity contribution in [1.29, 1.82) is 0 Å². The minimum atomic E-state index is -0.892. The molecule has 7 nitrogen and oxygen atoms in total. The van der Waals surface area contributed by atoms with E-state index < -0.39 is 42.3 Å². The number of hydrogen-bond acceptors (Lipinski definition) is 6. The molecule has 0 aliphatic carbocycles. The molecule has 1 unspecified atom stereocenters. The van der Waals surface area contributed by atoms with Crippen LogP contribution in [0.4, 0.5) is 5.69 Å². The van der Waals surface area contributed by atoms with Crippen molar-refractivity contribution in [2.24, 2.45) is 0 Å². The fourth-order valence-electron chi connectivity index (χ4n) is 3.57. The molecule has 26 heavy (non-hydrogen) atoms. The highest BCUT2D eigenvalue weighted by atomic mass is 35.5. The molecule has 0 saturated carbocycles. The third-order valence-electron chi connectivity index (χ3n) is 4.52. The highest BCUT2D eigenvalue weighted by Crippen LogP contribution is 2.44. The number of halogens is 1. The predicted molar refractivity (Wildman–Crippen MR) is 92.6 cm³/mol. The van der Waals surface area contributed by atoms with E-state index in [1.165, 1.54) is 0 Å². The Morgan fingerprint density at radius 2 is 1.50 bits per heavy atom. The minimum Gasteiger partial charge on any atom is -0.342 e. The number of fused-ring (bicyclic) bond motifs is 3. The van der Waals surface area contributed by atoms with E-state index in [0.29, 0.717) is 10.7 Å². The summed E-state index contributed by atoms with van der Waals surface area (Å²) in [6.07, 6.45) is -3.13. The zero-order chi connectivity index (χ0) is 18.7. The van der Waals surface area contributed by atoms with Gasteiger partial charge >= 0.3 is 0 Å². The van der Waals surface area contributed by atoms with Crippen LogP contribution in [-0.2, 0) is 28.5 Å². The maximum absolute atomic E-state index is 12.9. The van der Waals surface area contributed by atoms with Crippen LogP contribution in [0, 0.1) is 0 Å². The molecular weight excluding hydrogens is 362 g/mol. The van der Waals surface area contributed by atoms with E-state index in [-0.39, 0.29) is 5.91 Å². The van der Waals surface area contributed by atoms with Gasteiger partial charge in [-0.1, -0.05) is 11.6 Å². The van der Waals surface area contributed by atoms with Crippen molar-refractivity contribution in [3.05, 3.63) is 29.3 Å². The first-order chi connectivity index (χ1) is 12.1. The molecule has 4 rings (SSSR count). The lowest BCUT2D eigenvalue weighted by atomic mass is 9.98. The molecule has 3 aliphatic heterocycles. The molecule has 3 heterocycles. The van der Waals surface area contributed by atoms with Crippen LogP contribution < -0.4 is 5.32 Å². The van der Waals surface area contributed by atoms with E-state index in [4.69, 9.17) is 35.3 Å². The van der Waals surface area contributed by atoms with Gasteiger partial charge in [0.15, 0.2) is 24.0 Å². The maximum atomic E-state index is 12.9. The molecule has 1 amide bonds. The molecule has 8 heteroatoms. The fourth-order valence-corrected chi connectivity index (χ4v) is 3.70. The maximum Gasteiger partial charge on any atom is 0.256 e. The summed E-state index contributed by atoms with van der Waals surface area (Å²) < 4.78 is 29.6. The molecule has 0 aromatic heterocycles. The Balaban J connectivity index is 1.57. The molecule has 3 saturated heterocycles. The standard InChI is InChI=1S/C18H22ClNO6/c1-17(2)23-11-12(24-17)14-16(26-18(3,4)25-14)22-13(11)15(21)20-10-7-5-9(19)6-8-10/h5-8,11-14,16H,1-4H3,(H,20,21)/t11-,12+,13?,14-,16-/m1/s1. The normalized spacial score (nSPS) is 37.0. The van der Waals surface area contributed by atoms with Crippen LogP contribution in [0.2, 0.25) is 5.02 Å². The van der Waals surface area contributed by atoms with Crippen LogP contribution in [-0.4, -0.2) is 48.2 Å². The summed E-state index contributed by atoms with van der Waals surface area (Å²) >= 11 is 5.88. The van der Waals surface area contributed by atoms with E-state index >= 15 is 0 Å². The molecular formula is C18H22ClNO6. The number of anilines is 1. The fraction of sp³-hybridized carbons (Fsp3) is 0.611. The van der Waals surface area contributed by atoms with Crippen LogP contribution in [0.1, 0.15) is 27.7 Å². The second-order valence-electron chi connectivity index (χ2n) is 7.59. The highest BCUT2D eigenvalue weighted by molar-refractivity contribution is 6.30. The van der Waals surface area contributed by atoms with Gasteiger partial charge in [-0.3, -0.25) is 4.79 Å². The van der Waals surface area contributed by atoms with Gasteiger partial charge in [-0.15, -0.1) is 0 Å². The van der Waals surface area contributed by atoms with Gasteiger partial charge in [0.2, 0.25) is 0 Å². The van der Waals surface area contributed by atoms with E-state index in [9.17, 15) is 4.79 Å². The van der Waals surface area contributed by atoms with E-state index in [0.717, 1.165) is 0 Å². The van der Waals surface area contributed by atoms with Gasteiger partial charge in [0.25, 0.3) is 5.91 Å². The number of carbonyl (C=O) groups is 1. The Kier molecular flexibility index (Phi) is 4.30. The van der Waals surface area contributed by atoms with Gasteiger partial charge in [0, 0.05) is 10.7 Å².